The van der Waals surface area contributed by atoms with Crippen molar-refractivity contribution in [3.8, 4) is 5.75 Å². The summed E-state index contributed by atoms with van der Waals surface area (Å²) in [6, 6.07) is 12.4. The lowest BCUT2D eigenvalue weighted by molar-refractivity contribution is 0.283. The average molecular weight is 367 g/mol. The lowest BCUT2D eigenvalue weighted by atomic mass is 9.94. The maximum absolute atomic E-state index is 6.47. The highest BCUT2D eigenvalue weighted by molar-refractivity contribution is 9.10. The molecule has 4 heteroatoms. The molecule has 1 heterocycles. The molecular formula is C17H17BrClNO. The number of fused-ring (bicyclic) bond motifs is 1. The van der Waals surface area contributed by atoms with Gasteiger partial charge < -0.3 is 10.1 Å². The van der Waals surface area contributed by atoms with E-state index in [0.717, 1.165) is 45.8 Å². The number of rotatable bonds is 3. The number of hydrogen-bond donors (Lipinski definition) is 1. The van der Waals surface area contributed by atoms with Crippen LogP contribution in [0, 0.1) is 0 Å². The Hall–Kier alpha value is -1.03. The van der Waals surface area contributed by atoms with E-state index < -0.39 is 0 Å². The molecule has 0 amide bonds. The normalized spacial score (nSPS) is 15.2. The summed E-state index contributed by atoms with van der Waals surface area (Å²) in [4.78, 5) is 0. The fourth-order valence-corrected chi connectivity index (χ4v) is 3.48. The molecular weight excluding hydrogens is 350 g/mol. The van der Waals surface area contributed by atoms with E-state index in [0.29, 0.717) is 0 Å². The predicted molar refractivity (Wildman–Crippen MR) is 90.3 cm³/mol. The van der Waals surface area contributed by atoms with Crippen molar-refractivity contribution < 1.29 is 4.74 Å². The van der Waals surface area contributed by atoms with E-state index >= 15 is 0 Å². The van der Waals surface area contributed by atoms with E-state index in [9.17, 15) is 0 Å². The highest BCUT2D eigenvalue weighted by atomic mass is 79.9. The van der Waals surface area contributed by atoms with Crippen LogP contribution in [0.25, 0.3) is 0 Å². The summed E-state index contributed by atoms with van der Waals surface area (Å²) in [6.07, 6.45) is 2.16. The standard InChI is InChI=1S/C17H17BrClNO/c1-20-16(12-7-3-9-14(18)15(12)19)13-8-2-5-11-6-4-10-21-17(11)13/h2-3,5,7-9,16,20H,4,6,10H2,1H3. The Morgan fingerprint density at radius 3 is 2.76 bits per heavy atom. The van der Waals surface area contributed by atoms with Gasteiger partial charge in [-0.2, -0.15) is 0 Å². The molecule has 0 aromatic heterocycles. The number of para-hydroxylation sites is 1. The summed E-state index contributed by atoms with van der Waals surface area (Å²) in [5, 5.41) is 4.11. The Balaban J connectivity index is 2.11. The topological polar surface area (TPSA) is 21.3 Å². The third kappa shape index (κ3) is 2.83. The monoisotopic (exact) mass is 365 g/mol. The van der Waals surface area contributed by atoms with Gasteiger partial charge in [0, 0.05) is 10.0 Å². The van der Waals surface area contributed by atoms with Gasteiger partial charge in [0.1, 0.15) is 5.75 Å². The molecule has 2 aromatic carbocycles. The van der Waals surface area contributed by atoms with Crippen LogP contribution in [0.1, 0.15) is 29.2 Å². The zero-order valence-corrected chi connectivity index (χ0v) is 14.2. The first-order valence-corrected chi connectivity index (χ1v) is 8.25. The highest BCUT2D eigenvalue weighted by Gasteiger charge is 2.23. The van der Waals surface area contributed by atoms with Crippen molar-refractivity contribution in [3.05, 3.63) is 62.6 Å². The van der Waals surface area contributed by atoms with Gasteiger partial charge in [-0.25, -0.2) is 0 Å². The minimum Gasteiger partial charge on any atom is -0.493 e. The minimum atomic E-state index is 0.0167. The molecule has 110 valence electrons. The number of benzene rings is 2. The fourth-order valence-electron chi connectivity index (χ4n) is 2.86. The van der Waals surface area contributed by atoms with Crippen LogP contribution < -0.4 is 10.1 Å². The maximum Gasteiger partial charge on any atom is 0.127 e. The zero-order valence-electron chi connectivity index (χ0n) is 11.8. The van der Waals surface area contributed by atoms with E-state index in [1.165, 1.54) is 5.56 Å². The van der Waals surface area contributed by atoms with Crippen molar-refractivity contribution in [2.75, 3.05) is 13.7 Å². The van der Waals surface area contributed by atoms with Gasteiger partial charge in [-0.3, -0.25) is 0 Å². The van der Waals surface area contributed by atoms with Crippen molar-refractivity contribution >= 4 is 27.5 Å². The molecule has 1 unspecified atom stereocenters. The van der Waals surface area contributed by atoms with E-state index in [1.807, 2.05) is 19.2 Å². The Bertz CT molecular complexity index is 659. The van der Waals surface area contributed by atoms with Gasteiger partial charge in [0.15, 0.2) is 0 Å². The second kappa shape index (κ2) is 6.39. The van der Waals surface area contributed by atoms with Gasteiger partial charge in [-0.15, -0.1) is 0 Å². The van der Waals surface area contributed by atoms with Crippen molar-refractivity contribution in [3.63, 3.8) is 0 Å². The quantitative estimate of drug-likeness (QED) is 0.847. The Labute approximate surface area is 138 Å². The molecule has 1 aliphatic rings. The molecule has 0 aliphatic carbocycles. The van der Waals surface area contributed by atoms with Crippen LogP contribution in [-0.4, -0.2) is 13.7 Å². The summed E-state index contributed by atoms with van der Waals surface area (Å²) in [6.45, 7) is 0.784. The smallest absolute Gasteiger partial charge is 0.127 e. The molecule has 0 saturated carbocycles. The van der Waals surface area contributed by atoms with E-state index in [-0.39, 0.29) is 6.04 Å². The zero-order chi connectivity index (χ0) is 14.8. The van der Waals surface area contributed by atoms with Gasteiger partial charge in [-0.05, 0) is 53.0 Å². The van der Waals surface area contributed by atoms with E-state index in [4.69, 9.17) is 16.3 Å². The van der Waals surface area contributed by atoms with Crippen LogP contribution in [0.2, 0.25) is 5.02 Å². The molecule has 0 bridgehead atoms. The van der Waals surface area contributed by atoms with Crippen LogP contribution >= 0.6 is 27.5 Å². The number of aryl methyl sites for hydroxylation is 1. The molecule has 0 saturated heterocycles. The van der Waals surface area contributed by atoms with E-state index in [1.54, 1.807) is 0 Å². The highest BCUT2D eigenvalue weighted by Crippen LogP contribution is 2.39. The molecule has 1 N–H and O–H groups in total. The summed E-state index contributed by atoms with van der Waals surface area (Å²) in [5.74, 6) is 1.01. The number of halogens is 2. The molecule has 2 aromatic rings. The molecule has 1 atom stereocenters. The van der Waals surface area contributed by atoms with Gasteiger partial charge in [0.25, 0.3) is 0 Å². The predicted octanol–water partition coefficient (Wildman–Crippen LogP) is 4.74. The SMILES string of the molecule is CNC(c1cccc(Br)c1Cl)c1cccc2c1OCCC2. The largest absolute Gasteiger partial charge is 0.493 e. The van der Waals surface area contributed by atoms with Crippen molar-refractivity contribution in [2.24, 2.45) is 0 Å². The molecule has 0 radical (unpaired) electrons. The van der Waals surface area contributed by atoms with Gasteiger partial charge in [0.2, 0.25) is 0 Å². The third-order valence-corrected chi connectivity index (χ3v) is 5.17. The summed E-state index contributed by atoms with van der Waals surface area (Å²) >= 11 is 9.97. The third-order valence-electron chi connectivity index (χ3n) is 3.86. The minimum absolute atomic E-state index is 0.0167. The first-order chi connectivity index (χ1) is 10.2. The Morgan fingerprint density at radius 2 is 1.95 bits per heavy atom. The maximum atomic E-state index is 6.47. The average Bonchev–Trinajstić information content (AvgIpc) is 2.52. The van der Waals surface area contributed by atoms with Gasteiger partial charge in [0.05, 0.1) is 17.7 Å². The summed E-state index contributed by atoms with van der Waals surface area (Å²) < 4.78 is 6.84. The summed E-state index contributed by atoms with van der Waals surface area (Å²) in [5.41, 5.74) is 3.48. The van der Waals surface area contributed by atoms with Crippen LogP contribution in [0.15, 0.2) is 40.9 Å². The first kappa shape index (κ1) is 14.9. The fraction of sp³-hybridized carbons (Fsp3) is 0.294. The van der Waals surface area contributed by atoms with Gasteiger partial charge in [-0.1, -0.05) is 41.9 Å². The second-order valence-corrected chi connectivity index (χ2v) is 6.38. The Kier molecular flexibility index (Phi) is 4.53. The van der Waals surface area contributed by atoms with Crippen molar-refractivity contribution in [2.45, 2.75) is 18.9 Å². The lowest BCUT2D eigenvalue weighted by Gasteiger charge is -2.26. The molecule has 2 nitrogen and oxygen atoms in total. The number of ether oxygens (including phenoxy) is 1. The molecule has 0 spiro atoms. The van der Waals surface area contributed by atoms with Crippen LogP contribution in [0.5, 0.6) is 5.75 Å². The second-order valence-electron chi connectivity index (χ2n) is 5.15. The number of hydrogen-bond acceptors (Lipinski definition) is 2. The Morgan fingerprint density at radius 1 is 1.19 bits per heavy atom. The molecule has 3 rings (SSSR count). The van der Waals surface area contributed by atoms with Crippen molar-refractivity contribution in [1.82, 2.24) is 5.32 Å². The number of nitrogens with one attached hydrogen (secondary N) is 1. The van der Waals surface area contributed by atoms with Crippen LogP contribution in [0.4, 0.5) is 0 Å². The molecule has 21 heavy (non-hydrogen) atoms. The summed E-state index contributed by atoms with van der Waals surface area (Å²) in [7, 11) is 1.95. The first-order valence-electron chi connectivity index (χ1n) is 7.08. The van der Waals surface area contributed by atoms with Crippen LogP contribution in [-0.2, 0) is 6.42 Å². The van der Waals surface area contributed by atoms with Gasteiger partial charge >= 0.3 is 0 Å². The van der Waals surface area contributed by atoms with Crippen molar-refractivity contribution in [1.29, 1.82) is 0 Å². The molecule has 0 fully saturated rings. The lowest BCUT2D eigenvalue weighted by Crippen LogP contribution is -2.21. The van der Waals surface area contributed by atoms with E-state index in [2.05, 4.69) is 45.5 Å². The molecule has 1 aliphatic heterocycles. The van der Waals surface area contributed by atoms with Crippen LogP contribution in [0.3, 0.4) is 0 Å².